The molecule has 0 aliphatic heterocycles. The fraction of sp³-hybridized carbons (Fsp3) is 0.182. The van der Waals surface area contributed by atoms with E-state index < -0.39 is 10.0 Å². The van der Waals surface area contributed by atoms with Gasteiger partial charge in [0.1, 0.15) is 23.5 Å². The summed E-state index contributed by atoms with van der Waals surface area (Å²) < 4.78 is 33.8. The van der Waals surface area contributed by atoms with Gasteiger partial charge < -0.3 is 10.1 Å². The molecule has 2 N–H and O–H groups in total. The van der Waals surface area contributed by atoms with Crippen molar-refractivity contribution in [3.63, 3.8) is 0 Å². The van der Waals surface area contributed by atoms with E-state index in [1.165, 1.54) is 11.3 Å². The Bertz CT molecular complexity index is 1460. The van der Waals surface area contributed by atoms with Crippen LogP contribution in [0, 0.1) is 6.92 Å². The summed E-state index contributed by atoms with van der Waals surface area (Å²) in [5.74, 6) is 0.487. The second kappa shape index (κ2) is 9.12. The Kier molecular flexibility index (Phi) is 6.25. The van der Waals surface area contributed by atoms with Gasteiger partial charge in [-0.1, -0.05) is 41.5 Å². The average molecular weight is 484 g/mol. The van der Waals surface area contributed by atoms with Crippen LogP contribution in [-0.2, 0) is 17.1 Å². The van der Waals surface area contributed by atoms with Gasteiger partial charge in [0.25, 0.3) is 0 Å². The smallest absolute Gasteiger partial charge is 0.430 e. The van der Waals surface area contributed by atoms with E-state index in [0.29, 0.717) is 22.3 Å². The van der Waals surface area contributed by atoms with Gasteiger partial charge in [0.15, 0.2) is 0 Å². The first-order valence-corrected chi connectivity index (χ1v) is 12.6. The van der Waals surface area contributed by atoms with Gasteiger partial charge in [-0.15, -0.1) is 4.68 Å². The number of nitrogens with one attached hydrogen (secondary N) is 2. The van der Waals surface area contributed by atoms with Crippen molar-refractivity contribution in [1.29, 1.82) is 0 Å². The van der Waals surface area contributed by atoms with E-state index >= 15 is 0 Å². The van der Waals surface area contributed by atoms with Gasteiger partial charge >= 0.3 is 5.13 Å². The van der Waals surface area contributed by atoms with E-state index in [4.69, 9.17) is 4.74 Å². The summed E-state index contributed by atoms with van der Waals surface area (Å²) in [4.78, 5) is 0. The van der Waals surface area contributed by atoms with E-state index in [2.05, 4.69) is 25.4 Å². The third-order valence-corrected chi connectivity index (χ3v) is 6.22. The number of aromatic nitrogens is 2. The molecule has 0 amide bonds. The van der Waals surface area contributed by atoms with Gasteiger partial charge in [-0.05, 0) is 40.9 Å². The zero-order valence-corrected chi connectivity index (χ0v) is 20.2. The standard InChI is InChI=1S/C22H22N6O3S2/c1-14-26-28(2)22(32-14)25-24-18-13-21(31-3)20(12-19(18)27-33(4,29)30)23-17-11-7-9-15-8-5-6-10-16(15)17/h5-13H,1-4H3,(H,23,27)/p+1. The topological polar surface area (TPSA) is 109 Å². The van der Waals surface area contributed by atoms with Crippen molar-refractivity contribution in [1.82, 2.24) is 5.10 Å². The second-order valence-electron chi connectivity index (χ2n) is 7.32. The average Bonchev–Trinajstić information content (AvgIpc) is 3.09. The molecule has 0 radical (unpaired) electrons. The van der Waals surface area contributed by atoms with Crippen molar-refractivity contribution < 1.29 is 17.8 Å². The Labute approximate surface area is 195 Å². The molecule has 170 valence electrons. The van der Waals surface area contributed by atoms with Crippen LogP contribution in [-0.4, -0.2) is 26.9 Å². The number of aryl methyl sites for hydroxylation is 2. The van der Waals surface area contributed by atoms with Crippen molar-refractivity contribution in [2.24, 2.45) is 17.3 Å². The number of hydrogen-bond donors (Lipinski definition) is 2. The van der Waals surface area contributed by atoms with Gasteiger partial charge in [-0.25, -0.2) is 8.42 Å². The lowest BCUT2D eigenvalue weighted by Crippen LogP contribution is -2.29. The van der Waals surface area contributed by atoms with E-state index in [9.17, 15) is 8.42 Å². The zero-order valence-electron chi connectivity index (χ0n) is 18.5. The number of anilines is 3. The van der Waals surface area contributed by atoms with Crippen LogP contribution in [0.15, 0.2) is 64.8 Å². The molecule has 0 bridgehead atoms. The van der Waals surface area contributed by atoms with E-state index in [1.807, 2.05) is 49.4 Å². The van der Waals surface area contributed by atoms with Crippen molar-refractivity contribution >= 4 is 60.0 Å². The summed E-state index contributed by atoms with van der Waals surface area (Å²) in [6.07, 6.45) is 1.09. The van der Waals surface area contributed by atoms with Crippen LogP contribution in [0.3, 0.4) is 0 Å². The Morgan fingerprint density at radius 3 is 2.48 bits per heavy atom. The van der Waals surface area contributed by atoms with Crippen molar-refractivity contribution in [2.45, 2.75) is 6.92 Å². The summed E-state index contributed by atoms with van der Waals surface area (Å²) >= 11 is 1.38. The maximum absolute atomic E-state index is 12.0. The Hall–Kier alpha value is -3.57. The number of fused-ring (bicyclic) bond motifs is 1. The molecule has 0 aliphatic rings. The number of hydrogen-bond acceptors (Lipinski definition) is 8. The molecule has 0 atom stereocenters. The minimum atomic E-state index is -3.57. The first kappa shape index (κ1) is 22.6. The summed E-state index contributed by atoms with van der Waals surface area (Å²) in [5.41, 5.74) is 2.02. The van der Waals surface area contributed by atoms with E-state index in [0.717, 1.165) is 27.7 Å². The summed E-state index contributed by atoms with van der Waals surface area (Å²) in [5, 5.41) is 19.7. The molecule has 4 rings (SSSR count). The largest absolute Gasteiger partial charge is 0.494 e. The number of nitrogens with zero attached hydrogens (tertiary/aromatic N) is 4. The number of sulfonamides is 1. The summed E-state index contributed by atoms with van der Waals surface area (Å²) in [6, 6.07) is 17.2. The lowest BCUT2D eigenvalue weighted by Gasteiger charge is -2.16. The number of benzene rings is 3. The molecule has 0 fully saturated rings. The number of ether oxygens (including phenoxy) is 1. The normalized spacial score (nSPS) is 11.8. The van der Waals surface area contributed by atoms with Crippen molar-refractivity contribution in [3.05, 3.63) is 59.6 Å². The molecule has 9 nitrogen and oxygen atoms in total. The summed E-state index contributed by atoms with van der Waals surface area (Å²) in [6.45, 7) is 1.87. The van der Waals surface area contributed by atoms with Gasteiger partial charge in [0.2, 0.25) is 10.0 Å². The fourth-order valence-electron chi connectivity index (χ4n) is 3.33. The molecule has 1 heterocycles. The molecule has 11 heteroatoms. The molecule has 0 saturated heterocycles. The molecule has 0 spiro atoms. The molecule has 4 aromatic rings. The van der Waals surface area contributed by atoms with Gasteiger partial charge in [-0.3, -0.25) is 4.72 Å². The first-order chi connectivity index (χ1) is 15.7. The highest BCUT2D eigenvalue weighted by Crippen LogP contribution is 2.40. The highest BCUT2D eigenvalue weighted by Gasteiger charge is 2.18. The minimum absolute atomic E-state index is 0.272. The van der Waals surface area contributed by atoms with Crippen LogP contribution in [0.4, 0.5) is 27.9 Å². The fourth-order valence-corrected chi connectivity index (χ4v) is 4.58. The van der Waals surface area contributed by atoms with Crippen LogP contribution >= 0.6 is 11.3 Å². The molecule has 0 aliphatic carbocycles. The maximum atomic E-state index is 12.0. The lowest BCUT2D eigenvalue weighted by molar-refractivity contribution is -0.714. The Morgan fingerprint density at radius 1 is 1.03 bits per heavy atom. The zero-order chi connectivity index (χ0) is 23.6. The van der Waals surface area contributed by atoms with Crippen molar-refractivity contribution in [2.75, 3.05) is 23.4 Å². The minimum Gasteiger partial charge on any atom is -0.494 e. The summed E-state index contributed by atoms with van der Waals surface area (Å²) in [7, 11) is -0.254. The van der Waals surface area contributed by atoms with Gasteiger partial charge in [-0.2, -0.15) is 0 Å². The number of azo groups is 1. The first-order valence-electron chi connectivity index (χ1n) is 9.93. The SMILES string of the molecule is COc1cc(N=Nc2sc(C)n[n+]2C)c(NS(C)(=O)=O)cc1Nc1cccc2ccccc12. The van der Waals surface area contributed by atoms with E-state index in [1.54, 1.807) is 31.0 Å². The molecular weight excluding hydrogens is 460 g/mol. The predicted molar refractivity (Wildman–Crippen MR) is 131 cm³/mol. The van der Waals surface area contributed by atoms with Gasteiger partial charge in [0.05, 0.1) is 29.9 Å². The van der Waals surface area contributed by atoms with Gasteiger partial charge in [0, 0.05) is 17.1 Å². The maximum Gasteiger partial charge on any atom is 0.430 e. The lowest BCUT2D eigenvalue weighted by atomic mass is 10.1. The highest BCUT2D eigenvalue weighted by molar-refractivity contribution is 7.92. The van der Waals surface area contributed by atoms with Crippen LogP contribution in [0.5, 0.6) is 5.75 Å². The second-order valence-corrected chi connectivity index (χ2v) is 10.2. The molecule has 33 heavy (non-hydrogen) atoms. The molecule has 3 aromatic carbocycles. The number of rotatable bonds is 7. The quantitative estimate of drug-likeness (QED) is 0.285. The molecule has 1 aromatic heterocycles. The number of methoxy groups -OCH3 is 1. The molecule has 0 saturated carbocycles. The van der Waals surface area contributed by atoms with Crippen LogP contribution in [0.25, 0.3) is 10.8 Å². The third kappa shape index (κ3) is 5.26. The predicted octanol–water partition coefficient (Wildman–Crippen LogP) is 4.97. The van der Waals surface area contributed by atoms with E-state index in [-0.39, 0.29) is 5.69 Å². The third-order valence-electron chi connectivity index (χ3n) is 4.72. The highest BCUT2D eigenvalue weighted by atomic mass is 32.2. The Morgan fingerprint density at radius 2 is 1.79 bits per heavy atom. The van der Waals surface area contributed by atoms with Crippen LogP contribution in [0.1, 0.15) is 5.01 Å². The molecule has 0 unspecified atom stereocenters. The van der Waals surface area contributed by atoms with Crippen LogP contribution < -0.4 is 19.5 Å². The molecular formula is C22H23N6O3S2+. The van der Waals surface area contributed by atoms with Crippen molar-refractivity contribution in [3.8, 4) is 5.75 Å². The van der Waals surface area contributed by atoms with Crippen LogP contribution in [0.2, 0.25) is 0 Å². The Balaban J connectivity index is 1.79. The monoisotopic (exact) mass is 483 g/mol.